The van der Waals surface area contributed by atoms with E-state index < -0.39 is 11.6 Å². The predicted molar refractivity (Wildman–Crippen MR) is 89.1 cm³/mol. The van der Waals surface area contributed by atoms with Gasteiger partial charge in [0, 0.05) is 10.6 Å². The summed E-state index contributed by atoms with van der Waals surface area (Å²) < 4.78 is 0. The first-order valence-electron chi connectivity index (χ1n) is 7.37. The van der Waals surface area contributed by atoms with Crippen LogP contribution in [0, 0.1) is 6.92 Å². The molecular weight excluding hydrogens is 312 g/mol. The monoisotopic (exact) mass is 328 g/mol. The van der Waals surface area contributed by atoms with Gasteiger partial charge in [-0.3, -0.25) is 9.69 Å². The quantitative estimate of drug-likeness (QED) is 0.875. The number of benzene rings is 2. The molecule has 118 valence electrons. The molecule has 0 unspecified atom stereocenters. The molecule has 2 aromatic carbocycles. The molecule has 1 aliphatic rings. The first kappa shape index (κ1) is 15.6. The van der Waals surface area contributed by atoms with E-state index in [9.17, 15) is 9.59 Å². The van der Waals surface area contributed by atoms with Crippen molar-refractivity contribution in [3.8, 4) is 0 Å². The second kappa shape index (κ2) is 5.70. The van der Waals surface area contributed by atoms with Gasteiger partial charge in [0.15, 0.2) is 0 Å². The molecule has 0 spiro atoms. The molecule has 0 aliphatic carbocycles. The summed E-state index contributed by atoms with van der Waals surface area (Å²) in [5.41, 5.74) is 1.45. The topological polar surface area (TPSA) is 49.4 Å². The Hall–Kier alpha value is -2.33. The fraction of sp³-hybridized carbons (Fsp3) is 0.222. The van der Waals surface area contributed by atoms with Gasteiger partial charge in [0.2, 0.25) is 0 Å². The van der Waals surface area contributed by atoms with Crippen molar-refractivity contribution in [1.29, 1.82) is 0 Å². The number of nitrogens with zero attached hydrogens (tertiary/aromatic N) is 1. The van der Waals surface area contributed by atoms with Crippen LogP contribution in [0.3, 0.4) is 0 Å². The minimum absolute atomic E-state index is 0.247. The molecule has 23 heavy (non-hydrogen) atoms. The minimum atomic E-state index is -1.14. The van der Waals surface area contributed by atoms with Crippen LogP contribution in [0.1, 0.15) is 23.6 Å². The maximum absolute atomic E-state index is 12.9. The molecule has 1 saturated heterocycles. The lowest BCUT2D eigenvalue weighted by Gasteiger charge is -2.23. The van der Waals surface area contributed by atoms with E-state index in [0.29, 0.717) is 10.6 Å². The van der Waals surface area contributed by atoms with Crippen molar-refractivity contribution < 1.29 is 9.59 Å². The molecule has 1 aliphatic heterocycles. The van der Waals surface area contributed by atoms with E-state index in [-0.39, 0.29) is 12.5 Å². The molecule has 5 heteroatoms. The van der Waals surface area contributed by atoms with Gasteiger partial charge in [-0.15, -0.1) is 0 Å². The van der Waals surface area contributed by atoms with E-state index >= 15 is 0 Å². The lowest BCUT2D eigenvalue weighted by atomic mass is 9.92. The number of hydrogen-bond donors (Lipinski definition) is 1. The van der Waals surface area contributed by atoms with Crippen LogP contribution in [0.5, 0.6) is 0 Å². The molecule has 3 rings (SSSR count). The number of carbonyl (C=O) groups excluding carboxylic acids is 2. The van der Waals surface area contributed by atoms with Crippen LogP contribution < -0.4 is 5.32 Å². The summed E-state index contributed by atoms with van der Waals surface area (Å²) in [4.78, 5) is 26.5. The molecule has 1 N–H and O–H groups in total. The third-order valence-corrected chi connectivity index (χ3v) is 4.61. The van der Waals surface area contributed by atoms with Crippen LogP contribution >= 0.6 is 11.6 Å². The van der Waals surface area contributed by atoms with E-state index in [1.165, 1.54) is 4.90 Å². The first-order valence-corrected chi connectivity index (χ1v) is 7.75. The van der Waals surface area contributed by atoms with Gasteiger partial charge < -0.3 is 5.32 Å². The van der Waals surface area contributed by atoms with Crippen LogP contribution in [0.15, 0.2) is 48.5 Å². The van der Waals surface area contributed by atoms with Crippen molar-refractivity contribution >= 4 is 23.5 Å². The van der Waals surface area contributed by atoms with Crippen molar-refractivity contribution in [2.45, 2.75) is 25.9 Å². The molecular formula is C18H17ClN2O2. The van der Waals surface area contributed by atoms with Crippen LogP contribution in [-0.2, 0) is 16.9 Å². The van der Waals surface area contributed by atoms with Crippen molar-refractivity contribution in [2.75, 3.05) is 0 Å². The summed E-state index contributed by atoms with van der Waals surface area (Å²) in [6.07, 6.45) is 0. The fourth-order valence-corrected chi connectivity index (χ4v) is 3.17. The standard InChI is InChI=1S/C18H17ClN2O2/c1-12-7-3-4-8-13(12)11-21-16(22)18(2,20-17(21)23)14-9-5-6-10-15(14)19/h3-10H,11H2,1-2H3,(H,20,23)/t18-/m0/s1. The molecule has 0 radical (unpaired) electrons. The number of aryl methyl sites for hydroxylation is 1. The van der Waals surface area contributed by atoms with Gasteiger partial charge in [-0.25, -0.2) is 4.79 Å². The highest BCUT2D eigenvalue weighted by Gasteiger charge is 2.49. The third kappa shape index (κ3) is 2.59. The molecule has 0 aromatic heterocycles. The Balaban J connectivity index is 1.94. The summed E-state index contributed by atoms with van der Waals surface area (Å²) >= 11 is 6.22. The zero-order valence-corrected chi connectivity index (χ0v) is 13.7. The lowest BCUT2D eigenvalue weighted by molar-refractivity contribution is -0.131. The average molecular weight is 329 g/mol. The van der Waals surface area contributed by atoms with Crippen LogP contribution in [0.2, 0.25) is 5.02 Å². The van der Waals surface area contributed by atoms with Crippen LogP contribution in [0.25, 0.3) is 0 Å². The van der Waals surface area contributed by atoms with Crippen LogP contribution in [0.4, 0.5) is 4.79 Å². The zero-order chi connectivity index (χ0) is 16.6. The van der Waals surface area contributed by atoms with Gasteiger partial charge in [-0.1, -0.05) is 54.1 Å². The van der Waals surface area contributed by atoms with Crippen molar-refractivity contribution in [2.24, 2.45) is 0 Å². The van der Waals surface area contributed by atoms with Crippen LogP contribution in [-0.4, -0.2) is 16.8 Å². The van der Waals surface area contributed by atoms with Gasteiger partial charge in [0.05, 0.1) is 6.54 Å². The Morgan fingerprint density at radius 1 is 1.09 bits per heavy atom. The smallest absolute Gasteiger partial charge is 0.319 e. The number of nitrogens with one attached hydrogen (secondary N) is 1. The number of urea groups is 1. The highest BCUT2D eigenvalue weighted by Crippen LogP contribution is 2.34. The molecule has 3 amide bonds. The fourth-order valence-electron chi connectivity index (χ4n) is 2.85. The van der Waals surface area contributed by atoms with Gasteiger partial charge >= 0.3 is 6.03 Å². The largest absolute Gasteiger partial charge is 0.325 e. The van der Waals surface area contributed by atoms with E-state index in [0.717, 1.165) is 11.1 Å². The third-order valence-electron chi connectivity index (χ3n) is 4.28. The summed E-state index contributed by atoms with van der Waals surface area (Å²) in [5, 5.41) is 3.24. The maximum Gasteiger partial charge on any atom is 0.325 e. The maximum atomic E-state index is 12.9. The van der Waals surface area contributed by atoms with Crippen molar-refractivity contribution in [3.63, 3.8) is 0 Å². The Morgan fingerprint density at radius 3 is 2.43 bits per heavy atom. The Kier molecular flexibility index (Phi) is 3.86. The number of amides is 3. The van der Waals surface area contributed by atoms with Gasteiger partial charge in [-0.05, 0) is 31.0 Å². The number of hydrogen-bond acceptors (Lipinski definition) is 2. The van der Waals surface area contributed by atoms with E-state index in [4.69, 9.17) is 11.6 Å². The molecule has 2 aromatic rings. The summed E-state index contributed by atoms with van der Waals surface area (Å²) in [5.74, 6) is -0.293. The molecule has 4 nitrogen and oxygen atoms in total. The van der Waals surface area contributed by atoms with Gasteiger partial charge in [0.25, 0.3) is 5.91 Å². The first-order chi connectivity index (χ1) is 10.9. The number of rotatable bonds is 3. The Morgan fingerprint density at radius 2 is 1.74 bits per heavy atom. The number of imide groups is 1. The number of halogens is 1. The summed E-state index contributed by atoms with van der Waals surface area (Å²) in [6.45, 7) is 3.89. The lowest BCUT2D eigenvalue weighted by Crippen LogP contribution is -2.41. The highest BCUT2D eigenvalue weighted by atomic mass is 35.5. The second-order valence-corrected chi connectivity index (χ2v) is 6.26. The van der Waals surface area contributed by atoms with Gasteiger partial charge in [-0.2, -0.15) is 0 Å². The minimum Gasteiger partial charge on any atom is -0.319 e. The molecule has 1 fully saturated rings. The van der Waals surface area contributed by atoms with Crippen molar-refractivity contribution in [1.82, 2.24) is 10.2 Å². The normalized spacial score (nSPS) is 20.7. The highest BCUT2D eigenvalue weighted by molar-refractivity contribution is 6.32. The Bertz CT molecular complexity index is 790. The zero-order valence-electron chi connectivity index (χ0n) is 13.0. The number of carbonyl (C=O) groups is 2. The van der Waals surface area contributed by atoms with E-state index in [1.807, 2.05) is 31.2 Å². The average Bonchev–Trinajstić information content (AvgIpc) is 2.74. The SMILES string of the molecule is Cc1ccccc1CN1C(=O)N[C@@](C)(c2ccccc2Cl)C1=O. The van der Waals surface area contributed by atoms with E-state index in [2.05, 4.69) is 5.32 Å². The molecule has 0 saturated carbocycles. The summed E-state index contributed by atoms with van der Waals surface area (Å²) in [7, 11) is 0. The molecule has 1 heterocycles. The van der Waals surface area contributed by atoms with Gasteiger partial charge in [0.1, 0.15) is 5.54 Å². The predicted octanol–water partition coefficient (Wildman–Crippen LogP) is 3.62. The Labute approximate surface area is 140 Å². The van der Waals surface area contributed by atoms with Crippen molar-refractivity contribution in [3.05, 3.63) is 70.2 Å². The van der Waals surface area contributed by atoms with E-state index in [1.54, 1.807) is 31.2 Å². The second-order valence-electron chi connectivity index (χ2n) is 5.85. The summed E-state index contributed by atoms with van der Waals surface area (Å²) in [6, 6.07) is 14.4. The molecule has 0 bridgehead atoms. The molecule has 1 atom stereocenters.